The van der Waals surface area contributed by atoms with Gasteiger partial charge in [0.05, 0.1) is 12.6 Å². The van der Waals surface area contributed by atoms with Crippen LogP contribution in [0, 0.1) is 0 Å². The molecule has 2 N–H and O–H groups in total. The van der Waals surface area contributed by atoms with Crippen molar-refractivity contribution in [1.82, 2.24) is 4.90 Å². The lowest BCUT2D eigenvalue weighted by Gasteiger charge is -2.26. The van der Waals surface area contributed by atoms with Gasteiger partial charge in [-0.1, -0.05) is 0 Å². The second kappa shape index (κ2) is 4.95. The quantitative estimate of drug-likeness (QED) is 0.854. The van der Waals surface area contributed by atoms with Crippen LogP contribution < -0.4 is 5.73 Å². The summed E-state index contributed by atoms with van der Waals surface area (Å²) in [5.74, 6) is 0.126. The van der Waals surface area contributed by atoms with Crippen LogP contribution in [-0.2, 0) is 9.53 Å². The van der Waals surface area contributed by atoms with Crippen LogP contribution in [0.1, 0.15) is 18.0 Å². The molecule has 1 aliphatic rings. The Balaban J connectivity index is 2.16. The first kappa shape index (κ1) is 11.6. The standard InChI is InChI=1S/C11H16N2O2S/c1-15-4-3-13-10(14)6-9(12)11(13)8-2-5-16-7-8/h2,5,7,9,11H,3-4,6,12H2,1H3. The summed E-state index contributed by atoms with van der Waals surface area (Å²) in [4.78, 5) is 13.6. The molecule has 1 aliphatic heterocycles. The smallest absolute Gasteiger partial charge is 0.224 e. The zero-order valence-electron chi connectivity index (χ0n) is 9.26. The summed E-state index contributed by atoms with van der Waals surface area (Å²) < 4.78 is 5.02. The van der Waals surface area contributed by atoms with Gasteiger partial charge in [0.25, 0.3) is 0 Å². The molecule has 2 unspecified atom stereocenters. The third-order valence-corrected chi connectivity index (χ3v) is 3.59. The lowest BCUT2D eigenvalue weighted by molar-refractivity contribution is -0.129. The summed E-state index contributed by atoms with van der Waals surface area (Å²) in [5.41, 5.74) is 7.16. The van der Waals surface area contributed by atoms with Gasteiger partial charge in [-0.25, -0.2) is 0 Å². The van der Waals surface area contributed by atoms with Gasteiger partial charge in [-0.2, -0.15) is 11.3 Å². The Hall–Kier alpha value is -0.910. The minimum Gasteiger partial charge on any atom is -0.383 e. The average molecular weight is 240 g/mol. The topological polar surface area (TPSA) is 55.6 Å². The van der Waals surface area contributed by atoms with E-state index in [9.17, 15) is 4.79 Å². The SMILES string of the molecule is COCCN1C(=O)CC(N)C1c1ccsc1. The molecule has 0 aliphatic carbocycles. The highest BCUT2D eigenvalue weighted by atomic mass is 32.1. The molecule has 0 radical (unpaired) electrons. The van der Waals surface area contributed by atoms with Crippen LogP contribution in [0.4, 0.5) is 0 Å². The van der Waals surface area contributed by atoms with Crippen LogP contribution >= 0.6 is 11.3 Å². The number of ether oxygens (including phenoxy) is 1. The van der Waals surface area contributed by atoms with E-state index >= 15 is 0 Å². The van der Waals surface area contributed by atoms with Crippen molar-refractivity contribution in [2.24, 2.45) is 5.73 Å². The second-order valence-electron chi connectivity index (χ2n) is 3.95. The molecule has 0 spiro atoms. The molecule has 1 amide bonds. The van der Waals surface area contributed by atoms with Crippen LogP contribution in [0.2, 0.25) is 0 Å². The molecule has 0 saturated carbocycles. The Kier molecular flexibility index (Phi) is 3.58. The summed E-state index contributed by atoms with van der Waals surface area (Å²) in [6, 6.07) is 1.96. The van der Waals surface area contributed by atoms with E-state index in [2.05, 4.69) is 5.38 Å². The van der Waals surface area contributed by atoms with Crippen molar-refractivity contribution >= 4 is 17.2 Å². The number of likely N-dealkylation sites (tertiary alicyclic amines) is 1. The minimum absolute atomic E-state index is 0.0221. The highest BCUT2D eigenvalue weighted by Gasteiger charge is 2.38. The molecule has 4 nitrogen and oxygen atoms in total. The first-order chi connectivity index (χ1) is 7.74. The Morgan fingerprint density at radius 1 is 1.69 bits per heavy atom. The fourth-order valence-electron chi connectivity index (χ4n) is 2.14. The monoisotopic (exact) mass is 240 g/mol. The number of nitrogens with two attached hydrogens (primary N) is 1. The maximum Gasteiger partial charge on any atom is 0.224 e. The second-order valence-corrected chi connectivity index (χ2v) is 4.73. The molecule has 2 heterocycles. The lowest BCUT2D eigenvalue weighted by Crippen LogP contribution is -2.34. The number of thiophene rings is 1. The number of amides is 1. The summed E-state index contributed by atoms with van der Waals surface area (Å²) >= 11 is 1.63. The van der Waals surface area contributed by atoms with E-state index in [1.54, 1.807) is 18.4 Å². The lowest BCUT2D eigenvalue weighted by atomic mass is 10.0. The van der Waals surface area contributed by atoms with E-state index in [4.69, 9.17) is 10.5 Å². The summed E-state index contributed by atoms with van der Waals surface area (Å²) in [6.07, 6.45) is 0.435. The largest absolute Gasteiger partial charge is 0.383 e. The Morgan fingerprint density at radius 2 is 2.50 bits per heavy atom. The van der Waals surface area contributed by atoms with Gasteiger partial charge in [-0.05, 0) is 22.4 Å². The van der Waals surface area contributed by atoms with Gasteiger partial charge < -0.3 is 15.4 Å². The summed E-state index contributed by atoms with van der Waals surface area (Å²) in [6.45, 7) is 1.17. The summed E-state index contributed by atoms with van der Waals surface area (Å²) in [7, 11) is 1.64. The molecule has 5 heteroatoms. The molecule has 1 aromatic heterocycles. The third kappa shape index (κ3) is 2.11. The zero-order valence-corrected chi connectivity index (χ0v) is 10.1. The molecule has 2 rings (SSSR count). The van der Waals surface area contributed by atoms with E-state index in [1.165, 1.54) is 0 Å². The van der Waals surface area contributed by atoms with Gasteiger partial charge in [0.2, 0.25) is 5.91 Å². The number of hydrogen-bond acceptors (Lipinski definition) is 4. The zero-order chi connectivity index (χ0) is 11.5. The molecule has 88 valence electrons. The van der Waals surface area contributed by atoms with Gasteiger partial charge in [-0.3, -0.25) is 4.79 Å². The minimum atomic E-state index is -0.0982. The molecular weight excluding hydrogens is 224 g/mol. The summed E-state index contributed by atoms with van der Waals surface area (Å²) in [5, 5.41) is 4.07. The molecule has 1 fully saturated rings. The van der Waals surface area contributed by atoms with Crippen molar-refractivity contribution in [3.05, 3.63) is 22.4 Å². The van der Waals surface area contributed by atoms with Gasteiger partial charge in [0.1, 0.15) is 0 Å². The van der Waals surface area contributed by atoms with Crippen LogP contribution in [0.25, 0.3) is 0 Å². The number of rotatable bonds is 4. The number of carbonyl (C=O) groups is 1. The van der Waals surface area contributed by atoms with Crippen LogP contribution in [-0.4, -0.2) is 37.1 Å². The van der Waals surface area contributed by atoms with Gasteiger partial charge >= 0.3 is 0 Å². The number of carbonyl (C=O) groups excluding carboxylic acids is 1. The molecule has 16 heavy (non-hydrogen) atoms. The maximum absolute atomic E-state index is 11.8. The average Bonchev–Trinajstić information content (AvgIpc) is 2.83. The predicted octanol–water partition coefficient (Wildman–Crippen LogP) is 0.995. The molecule has 0 aromatic carbocycles. The maximum atomic E-state index is 11.8. The van der Waals surface area contributed by atoms with Crippen molar-refractivity contribution in [3.8, 4) is 0 Å². The Morgan fingerprint density at radius 3 is 3.12 bits per heavy atom. The van der Waals surface area contributed by atoms with Gasteiger partial charge in [0, 0.05) is 26.1 Å². The Bertz CT molecular complexity index is 353. The molecular formula is C11H16N2O2S. The molecule has 1 aromatic rings. The van der Waals surface area contributed by atoms with E-state index in [1.807, 2.05) is 16.3 Å². The van der Waals surface area contributed by atoms with Gasteiger partial charge in [0.15, 0.2) is 0 Å². The fourth-order valence-corrected chi connectivity index (χ4v) is 2.83. The van der Waals surface area contributed by atoms with Crippen molar-refractivity contribution in [1.29, 1.82) is 0 Å². The number of hydrogen-bond donors (Lipinski definition) is 1. The van der Waals surface area contributed by atoms with E-state index in [0.29, 0.717) is 19.6 Å². The highest BCUT2D eigenvalue weighted by molar-refractivity contribution is 7.08. The van der Waals surface area contributed by atoms with Crippen LogP contribution in [0.5, 0.6) is 0 Å². The van der Waals surface area contributed by atoms with E-state index in [-0.39, 0.29) is 18.0 Å². The third-order valence-electron chi connectivity index (χ3n) is 2.89. The molecule has 1 saturated heterocycles. The first-order valence-corrected chi connectivity index (χ1v) is 6.24. The van der Waals surface area contributed by atoms with Crippen LogP contribution in [0.3, 0.4) is 0 Å². The molecule has 2 atom stereocenters. The van der Waals surface area contributed by atoms with E-state index in [0.717, 1.165) is 5.56 Å². The molecule has 0 bridgehead atoms. The van der Waals surface area contributed by atoms with Crippen LogP contribution in [0.15, 0.2) is 16.8 Å². The number of nitrogens with zero attached hydrogens (tertiary/aromatic N) is 1. The van der Waals surface area contributed by atoms with Crippen molar-refractivity contribution in [2.45, 2.75) is 18.5 Å². The predicted molar refractivity (Wildman–Crippen MR) is 63.2 cm³/mol. The first-order valence-electron chi connectivity index (χ1n) is 5.30. The Labute approximate surface area is 99.0 Å². The van der Waals surface area contributed by atoms with Crippen molar-refractivity contribution in [3.63, 3.8) is 0 Å². The number of methoxy groups -OCH3 is 1. The van der Waals surface area contributed by atoms with E-state index < -0.39 is 0 Å². The normalized spacial score (nSPS) is 25.4. The van der Waals surface area contributed by atoms with Gasteiger partial charge in [-0.15, -0.1) is 0 Å². The fraction of sp³-hybridized carbons (Fsp3) is 0.545. The van der Waals surface area contributed by atoms with Crippen molar-refractivity contribution < 1.29 is 9.53 Å². The highest BCUT2D eigenvalue weighted by Crippen LogP contribution is 2.32. The van der Waals surface area contributed by atoms with Crippen molar-refractivity contribution in [2.75, 3.05) is 20.3 Å².